The number of aryl methyl sites for hydroxylation is 1. The van der Waals surface area contributed by atoms with E-state index < -0.39 is 17.6 Å². The molecule has 0 saturated carbocycles. The third-order valence-corrected chi connectivity index (χ3v) is 1.99. The highest BCUT2D eigenvalue weighted by Crippen LogP contribution is 2.35. The van der Waals surface area contributed by atoms with Gasteiger partial charge in [-0.25, -0.2) is 4.39 Å². The zero-order chi connectivity index (χ0) is 10.2. The summed E-state index contributed by atoms with van der Waals surface area (Å²) in [6, 6.07) is 2.03. The summed E-state index contributed by atoms with van der Waals surface area (Å²) in [6.45, 7) is 1.22. The van der Waals surface area contributed by atoms with Gasteiger partial charge in [-0.05, 0) is 24.6 Å². The fraction of sp³-hybridized carbons (Fsp3) is 0.250. The molecule has 0 bridgehead atoms. The van der Waals surface area contributed by atoms with E-state index in [1.807, 2.05) is 0 Å². The summed E-state index contributed by atoms with van der Waals surface area (Å²) >= 11 is 2.91. The van der Waals surface area contributed by atoms with Crippen LogP contribution in [0.3, 0.4) is 0 Å². The van der Waals surface area contributed by atoms with Crippen molar-refractivity contribution in [2.45, 2.75) is 13.1 Å². The van der Waals surface area contributed by atoms with Crippen LogP contribution in [0.25, 0.3) is 0 Å². The van der Waals surface area contributed by atoms with Gasteiger partial charge in [0.15, 0.2) is 0 Å². The topological polar surface area (TPSA) is 0 Å². The fourth-order valence-corrected chi connectivity index (χ4v) is 1.61. The van der Waals surface area contributed by atoms with Crippen molar-refractivity contribution in [3.05, 3.63) is 33.5 Å². The van der Waals surface area contributed by atoms with Crippen LogP contribution in [0.15, 0.2) is 16.6 Å². The van der Waals surface area contributed by atoms with Gasteiger partial charge in [0, 0.05) is 4.47 Å². The largest absolute Gasteiger partial charge is 0.419 e. The van der Waals surface area contributed by atoms with E-state index in [0.29, 0.717) is 4.47 Å². The predicted octanol–water partition coefficient (Wildman–Crippen LogP) is 3.92. The average molecular weight is 257 g/mol. The van der Waals surface area contributed by atoms with Gasteiger partial charge in [0.05, 0.1) is 5.56 Å². The van der Waals surface area contributed by atoms with E-state index >= 15 is 0 Å². The normalized spacial score (nSPS) is 11.8. The van der Waals surface area contributed by atoms with E-state index in [0.717, 1.165) is 6.07 Å². The predicted molar refractivity (Wildman–Crippen MR) is 43.8 cm³/mol. The molecule has 0 spiro atoms. The molecule has 0 atom stereocenters. The van der Waals surface area contributed by atoms with Crippen molar-refractivity contribution in [3.8, 4) is 0 Å². The Morgan fingerprint density at radius 2 is 1.77 bits per heavy atom. The summed E-state index contributed by atoms with van der Waals surface area (Å²) in [7, 11) is 0. The Balaban J connectivity index is 3.38. The molecule has 0 nitrogen and oxygen atoms in total. The Morgan fingerprint density at radius 3 is 2.15 bits per heavy atom. The molecule has 0 amide bonds. The number of rotatable bonds is 0. The van der Waals surface area contributed by atoms with Crippen LogP contribution in [0.5, 0.6) is 0 Å². The second-order valence-electron chi connectivity index (χ2n) is 2.58. The van der Waals surface area contributed by atoms with E-state index in [-0.39, 0.29) is 5.56 Å². The molecule has 0 saturated heterocycles. The molecule has 72 valence electrons. The lowest BCUT2D eigenvalue weighted by Crippen LogP contribution is -2.10. The lowest BCUT2D eigenvalue weighted by molar-refractivity contribution is -0.140. The van der Waals surface area contributed by atoms with Gasteiger partial charge in [0.25, 0.3) is 0 Å². The summed E-state index contributed by atoms with van der Waals surface area (Å²) < 4.78 is 49.7. The second-order valence-corrected chi connectivity index (χ2v) is 3.49. The molecule has 13 heavy (non-hydrogen) atoms. The smallest absolute Gasteiger partial charge is 0.206 e. The van der Waals surface area contributed by atoms with E-state index in [1.54, 1.807) is 0 Å². The van der Waals surface area contributed by atoms with Gasteiger partial charge in [-0.3, -0.25) is 0 Å². The molecule has 0 N–H and O–H groups in total. The molecule has 0 aliphatic rings. The number of halogens is 5. The maximum absolute atomic E-state index is 12.9. The quantitative estimate of drug-likeness (QED) is 0.618. The van der Waals surface area contributed by atoms with Gasteiger partial charge in [0.1, 0.15) is 5.82 Å². The third kappa shape index (κ3) is 2.21. The van der Waals surface area contributed by atoms with Crippen LogP contribution in [-0.2, 0) is 6.18 Å². The number of alkyl halides is 3. The molecule has 0 radical (unpaired) electrons. The molecule has 0 aliphatic carbocycles. The van der Waals surface area contributed by atoms with Crippen molar-refractivity contribution in [3.63, 3.8) is 0 Å². The van der Waals surface area contributed by atoms with E-state index in [1.165, 1.54) is 13.0 Å². The minimum Gasteiger partial charge on any atom is -0.206 e. The summed E-state index contributed by atoms with van der Waals surface area (Å²) in [5.41, 5.74) is -1.32. The molecule has 1 aromatic rings. The van der Waals surface area contributed by atoms with E-state index in [4.69, 9.17) is 0 Å². The Hall–Kier alpha value is -0.580. The molecular weight excluding hydrogens is 252 g/mol. The Kier molecular flexibility index (Phi) is 2.66. The highest BCUT2D eigenvalue weighted by molar-refractivity contribution is 9.10. The zero-order valence-electron chi connectivity index (χ0n) is 6.54. The van der Waals surface area contributed by atoms with Crippen LogP contribution >= 0.6 is 15.9 Å². The van der Waals surface area contributed by atoms with Crippen molar-refractivity contribution in [1.82, 2.24) is 0 Å². The number of hydrogen-bond donors (Lipinski definition) is 0. The van der Waals surface area contributed by atoms with Crippen molar-refractivity contribution in [2.75, 3.05) is 0 Å². The maximum Gasteiger partial charge on any atom is 0.419 e. The Bertz CT molecular complexity index is 306. The first-order valence-corrected chi connectivity index (χ1v) is 4.14. The monoisotopic (exact) mass is 256 g/mol. The molecule has 5 heteroatoms. The van der Waals surface area contributed by atoms with Gasteiger partial charge in [-0.2, -0.15) is 13.2 Å². The molecule has 0 aromatic heterocycles. The number of benzene rings is 1. The summed E-state index contributed by atoms with van der Waals surface area (Å²) in [5, 5.41) is 0. The zero-order valence-corrected chi connectivity index (χ0v) is 8.13. The van der Waals surface area contributed by atoms with Crippen LogP contribution in [0.2, 0.25) is 0 Å². The molecule has 1 aromatic carbocycles. The molecule has 1 rings (SSSR count). The number of hydrogen-bond acceptors (Lipinski definition) is 0. The van der Waals surface area contributed by atoms with Crippen LogP contribution < -0.4 is 0 Å². The molecule has 0 fully saturated rings. The van der Waals surface area contributed by atoms with Gasteiger partial charge in [-0.1, -0.05) is 15.9 Å². The van der Waals surface area contributed by atoms with E-state index in [9.17, 15) is 17.6 Å². The van der Waals surface area contributed by atoms with Crippen molar-refractivity contribution < 1.29 is 17.6 Å². The first-order chi connectivity index (χ1) is 5.82. The van der Waals surface area contributed by atoms with Crippen LogP contribution in [0, 0.1) is 12.7 Å². The summed E-state index contributed by atoms with van der Waals surface area (Å²) in [4.78, 5) is 0. The van der Waals surface area contributed by atoms with Crippen LogP contribution in [0.1, 0.15) is 11.1 Å². The lowest BCUT2D eigenvalue weighted by atomic mass is 10.1. The molecule has 0 aliphatic heterocycles. The Morgan fingerprint density at radius 1 is 1.23 bits per heavy atom. The Labute approximate surface area is 80.7 Å². The lowest BCUT2D eigenvalue weighted by Gasteiger charge is -2.11. The minimum atomic E-state index is -4.63. The van der Waals surface area contributed by atoms with Crippen molar-refractivity contribution in [1.29, 1.82) is 0 Å². The van der Waals surface area contributed by atoms with Gasteiger partial charge in [0.2, 0.25) is 0 Å². The molecular formula is C8H5BrF4. The third-order valence-electron chi connectivity index (χ3n) is 1.54. The fourth-order valence-electron chi connectivity index (χ4n) is 1.06. The van der Waals surface area contributed by atoms with Crippen molar-refractivity contribution >= 4 is 15.9 Å². The first kappa shape index (κ1) is 10.5. The maximum atomic E-state index is 12.9. The van der Waals surface area contributed by atoms with Gasteiger partial charge < -0.3 is 0 Å². The van der Waals surface area contributed by atoms with E-state index in [2.05, 4.69) is 15.9 Å². The minimum absolute atomic E-state index is 0.126. The highest BCUT2D eigenvalue weighted by Gasteiger charge is 2.35. The SMILES string of the molecule is Cc1cc(Br)cc(F)c1C(F)(F)F. The highest BCUT2D eigenvalue weighted by atomic mass is 79.9. The van der Waals surface area contributed by atoms with Crippen LogP contribution in [0.4, 0.5) is 17.6 Å². The summed E-state index contributed by atoms with van der Waals surface area (Å²) in [5.74, 6) is -1.25. The van der Waals surface area contributed by atoms with Crippen LogP contribution in [-0.4, -0.2) is 0 Å². The standard InChI is InChI=1S/C8H5BrF4/c1-4-2-5(9)3-6(10)7(4)8(11,12)13/h2-3H,1H3. The molecule has 0 heterocycles. The van der Waals surface area contributed by atoms with Gasteiger partial charge in [-0.15, -0.1) is 0 Å². The molecule has 0 unspecified atom stereocenters. The average Bonchev–Trinajstić information content (AvgIpc) is 1.78. The van der Waals surface area contributed by atoms with Gasteiger partial charge >= 0.3 is 6.18 Å². The van der Waals surface area contributed by atoms with Crippen molar-refractivity contribution in [2.24, 2.45) is 0 Å². The first-order valence-electron chi connectivity index (χ1n) is 3.35. The second kappa shape index (κ2) is 3.29. The summed E-state index contributed by atoms with van der Waals surface area (Å²) in [6.07, 6.45) is -4.63.